The van der Waals surface area contributed by atoms with E-state index in [-0.39, 0.29) is 23.7 Å². The van der Waals surface area contributed by atoms with Crippen LogP contribution in [-0.4, -0.2) is 41.7 Å². The number of carbonyl (C=O) groups is 1. The van der Waals surface area contributed by atoms with E-state index in [9.17, 15) is 14.3 Å². The SMILES string of the molecule is NC(=O)C1CCN(C2COc3ccc(F)cc3C2O)CC1. The second-order valence-electron chi connectivity index (χ2n) is 5.72. The molecule has 0 aliphatic carbocycles. The van der Waals surface area contributed by atoms with Gasteiger partial charge >= 0.3 is 0 Å². The Labute approximate surface area is 122 Å². The van der Waals surface area contributed by atoms with Crippen LogP contribution in [0.2, 0.25) is 0 Å². The first kappa shape index (κ1) is 14.3. The summed E-state index contributed by atoms with van der Waals surface area (Å²) in [5.74, 6) is -0.202. The highest BCUT2D eigenvalue weighted by Gasteiger charge is 2.36. The normalized spacial score (nSPS) is 27.0. The molecule has 2 aliphatic heterocycles. The number of hydrogen-bond donors (Lipinski definition) is 2. The third-order valence-electron chi connectivity index (χ3n) is 4.47. The number of benzene rings is 1. The topological polar surface area (TPSA) is 75.8 Å². The average molecular weight is 294 g/mol. The average Bonchev–Trinajstić information content (AvgIpc) is 2.48. The summed E-state index contributed by atoms with van der Waals surface area (Å²) in [5, 5.41) is 10.5. The lowest BCUT2D eigenvalue weighted by molar-refractivity contribution is -0.123. The Balaban J connectivity index is 1.72. The van der Waals surface area contributed by atoms with E-state index in [4.69, 9.17) is 10.5 Å². The van der Waals surface area contributed by atoms with Crippen molar-refractivity contribution in [3.05, 3.63) is 29.6 Å². The van der Waals surface area contributed by atoms with Crippen LogP contribution in [0.25, 0.3) is 0 Å². The standard InChI is InChI=1S/C15H19FN2O3/c16-10-1-2-13-11(7-10)14(19)12(8-21-13)18-5-3-9(4-6-18)15(17)20/h1-2,7,9,12,14,19H,3-6,8H2,(H2,17,20). The maximum absolute atomic E-state index is 13.3. The van der Waals surface area contributed by atoms with Crippen molar-refractivity contribution in [3.63, 3.8) is 0 Å². The number of nitrogens with two attached hydrogens (primary N) is 1. The molecule has 2 aliphatic rings. The van der Waals surface area contributed by atoms with Gasteiger partial charge in [0.05, 0.1) is 6.04 Å². The van der Waals surface area contributed by atoms with Crippen molar-refractivity contribution in [1.82, 2.24) is 4.90 Å². The van der Waals surface area contributed by atoms with Gasteiger partial charge in [0.1, 0.15) is 24.3 Å². The number of piperidine rings is 1. The lowest BCUT2D eigenvalue weighted by Crippen LogP contribution is -2.50. The number of hydrogen-bond acceptors (Lipinski definition) is 4. The number of aliphatic hydroxyl groups is 1. The third-order valence-corrected chi connectivity index (χ3v) is 4.47. The lowest BCUT2D eigenvalue weighted by atomic mass is 9.92. The third kappa shape index (κ3) is 2.73. The van der Waals surface area contributed by atoms with Gasteiger partial charge in [0.2, 0.25) is 5.91 Å². The molecule has 3 N–H and O–H groups in total. The van der Waals surface area contributed by atoms with Gasteiger partial charge in [-0.3, -0.25) is 9.69 Å². The molecule has 3 rings (SSSR count). The molecule has 0 bridgehead atoms. The molecule has 0 spiro atoms. The summed E-state index contributed by atoms with van der Waals surface area (Å²) in [6, 6.07) is 3.98. The largest absolute Gasteiger partial charge is 0.491 e. The Morgan fingerprint density at radius 1 is 1.38 bits per heavy atom. The molecule has 1 aromatic rings. The number of primary amides is 1. The minimum Gasteiger partial charge on any atom is -0.491 e. The van der Waals surface area contributed by atoms with Crippen molar-refractivity contribution in [2.45, 2.75) is 25.0 Å². The highest BCUT2D eigenvalue weighted by molar-refractivity contribution is 5.76. The van der Waals surface area contributed by atoms with Crippen LogP contribution in [0.1, 0.15) is 24.5 Å². The summed E-state index contributed by atoms with van der Waals surface area (Å²) >= 11 is 0. The molecule has 21 heavy (non-hydrogen) atoms. The molecule has 1 fully saturated rings. The van der Waals surface area contributed by atoms with E-state index in [1.807, 2.05) is 0 Å². The van der Waals surface area contributed by atoms with Gasteiger partial charge in [0.15, 0.2) is 0 Å². The fraction of sp³-hybridized carbons (Fsp3) is 0.533. The molecule has 0 aromatic heterocycles. The van der Waals surface area contributed by atoms with Crippen LogP contribution in [-0.2, 0) is 4.79 Å². The van der Waals surface area contributed by atoms with Gasteiger partial charge in [0.25, 0.3) is 0 Å². The van der Waals surface area contributed by atoms with Crippen molar-refractivity contribution in [2.75, 3.05) is 19.7 Å². The monoisotopic (exact) mass is 294 g/mol. The van der Waals surface area contributed by atoms with Crippen molar-refractivity contribution in [3.8, 4) is 5.75 Å². The van der Waals surface area contributed by atoms with Crippen LogP contribution in [0.3, 0.4) is 0 Å². The van der Waals surface area contributed by atoms with Gasteiger partial charge in [-0.25, -0.2) is 4.39 Å². The lowest BCUT2D eigenvalue weighted by Gasteiger charge is -2.41. The Morgan fingerprint density at radius 3 is 2.76 bits per heavy atom. The Kier molecular flexibility index (Phi) is 3.82. The van der Waals surface area contributed by atoms with Crippen LogP contribution in [0.5, 0.6) is 5.75 Å². The molecule has 1 aromatic carbocycles. The van der Waals surface area contributed by atoms with E-state index in [0.717, 1.165) is 0 Å². The van der Waals surface area contributed by atoms with E-state index >= 15 is 0 Å². The number of ether oxygens (including phenoxy) is 1. The second-order valence-corrected chi connectivity index (χ2v) is 5.72. The van der Waals surface area contributed by atoms with Gasteiger partial charge in [-0.1, -0.05) is 0 Å². The predicted octanol–water partition coefficient (Wildman–Crippen LogP) is 0.817. The van der Waals surface area contributed by atoms with E-state index in [0.29, 0.717) is 43.9 Å². The number of nitrogens with zero attached hydrogens (tertiary/aromatic N) is 1. The molecule has 0 saturated carbocycles. The number of carbonyl (C=O) groups excluding carboxylic acids is 1. The first-order valence-corrected chi connectivity index (χ1v) is 7.20. The summed E-state index contributed by atoms with van der Waals surface area (Å²) in [6.07, 6.45) is 0.595. The number of amides is 1. The highest BCUT2D eigenvalue weighted by Crippen LogP contribution is 2.35. The fourth-order valence-electron chi connectivity index (χ4n) is 3.18. The smallest absolute Gasteiger partial charge is 0.220 e. The van der Waals surface area contributed by atoms with Crippen LogP contribution in [0, 0.1) is 11.7 Å². The maximum atomic E-state index is 13.3. The van der Waals surface area contributed by atoms with Gasteiger partial charge in [0, 0.05) is 11.5 Å². The van der Waals surface area contributed by atoms with E-state index < -0.39 is 6.10 Å². The maximum Gasteiger partial charge on any atom is 0.220 e. The number of likely N-dealkylation sites (tertiary alicyclic amines) is 1. The zero-order chi connectivity index (χ0) is 15.0. The van der Waals surface area contributed by atoms with Crippen LogP contribution >= 0.6 is 0 Å². The Hall–Kier alpha value is -1.66. The van der Waals surface area contributed by atoms with Gasteiger partial charge in [-0.15, -0.1) is 0 Å². The zero-order valence-electron chi connectivity index (χ0n) is 11.7. The Morgan fingerprint density at radius 2 is 2.10 bits per heavy atom. The van der Waals surface area contributed by atoms with E-state index in [1.54, 1.807) is 6.07 Å². The summed E-state index contributed by atoms with van der Waals surface area (Å²) in [4.78, 5) is 13.3. The molecule has 0 radical (unpaired) electrons. The van der Waals surface area contributed by atoms with Crippen molar-refractivity contribution in [1.29, 1.82) is 0 Å². The minimum atomic E-state index is -0.783. The molecule has 1 saturated heterocycles. The first-order chi connectivity index (χ1) is 10.1. The van der Waals surface area contributed by atoms with Crippen LogP contribution < -0.4 is 10.5 Å². The number of aliphatic hydroxyl groups excluding tert-OH is 1. The van der Waals surface area contributed by atoms with Gasteiger partial charge < -0.3 is 15.6 Å². The summed E-state index contributed by atoms with van der Waals surface area (Å²) in [7, 11) is 0. The number of rotatable bonds is 2. The summed E-state index contributed by atoms with van der Waals surface area (Å²) < 4.78 is 19.0. The molecule has 114 valence electrons. The predicted molar refractivity (Wildman–Crippen MR) is 74.1 cm³/mol. The van der Waals surface area contributed by atoms with Gasteiger partial charge in [-0.2, -0.15) is 0 Å². The molecule has 6 heteroatoms. The zero-order valence-corrected chi connectivity index (χ0v) is 11.7. The summed E-state index contributed by atoms with van der Waals surface area (Å²) in [6.45, 7) is 1.73. The molecule has 2 heterocycles. The molecule has 5 nitrogen and oxygen atoms in total. The van der Waals surface area contributed by atoms with Crippen LogP contribution in [0.15, 0.2) is 18.2 Å². The van der Waals surface area contributed by atoms with Crippen molar-refractivity contribution >= 4 is 5.91 Å². The van der Waals surface area contributed by atoms with Crippen molar-refractivity contribution in [2.24, 2.45) is 11.7 Å². The van der Waals surface area contributed by atoms with Crippen molar-refractivity contribution < 1.29 is 19.0 Å². The summed E-state index contributed by atoms with van der Waals surface area (Å²) in [5.41, 5.74) is 5.81. The van der Waals surface area contributed by atoms with E-state index in [1.165, 1.54) is 12.1 Å². The number of halogens is 1. The number of fused-ring (bicyclic) bond motifs is 1. The fourth-order valence-corrected chi connectivity index (χ4v) is 3.18. The van der Waals surface area contributed by atoms with E-state index in [2.05, 4.69) is 4.90 Å². The molecular formula is C15H19FN2O3. The quantitative estimate of drug-likeness (QED) is 0.846. The highest BCUT2D eigenvalue weighted by atomic mass is 19.1. The first-order valence-electron chi connectivity index (χ1n) is 7.20. The van der Waals surface area contributed by atoms with Gasteiger partial charge in [-0.05, 0) is 44.1 Å². The van der Waals surface area contributed by atoms with Crippen LogP contribution in [0.4, 0.5) is 4.39 Å². The molecular weight excluding hydrogens is 275 g/mol. The second kappa shape index (κ2) is 5.61. The minimum absolute atomic E-state index is 0.0902. The molecule has 2 unspecified atom stereocenters. The molecule has 1 amide bonds. The molecule has 2 atom stereocenters. The Bertz CT molecular complexity index is 544.